The molecule has 0 aliphatic heterocycles. The number of nitrogens with zero attached hydrogens (tertiary/aromatic N) is 1. The lowest BCUT2D eigenvalue weighted by Crippen LogP contribution is -2.13. The highest BCUT2D eigenvalue weighted by molar-refractivity contribution is 6.04. The van der Waals surface area contributed by atoms with Gasteiger partial charge in [-0.3, -0.25) is 4.79 Å². The number of hydrogen-bond acceptors (Lipinski definition) is 5. The van der Waals surface area contributed by atoms with Crippen molar-refractivity contribution in [2.24, 2.45) is 0 Å². The molecule has 1 amide bonds. The van der Waals surface area contributed by atoms with Crippen molar-refractivity contribution in [3.63, 3.8) is 0 Å². The van der Waals surface area contributed by atoms with Crippen molar-refractivity contribution in [1.82, 2.24) is 4.98 Å². The van der Waals surface area contributed by atoms with Crippen LogP contribution in [0.5, 0.6) is 5.75 Å². The number of amides is 1. The van der Waals surface area contributed by atoms with E-state index in [2.05, 4.69) is 10.3 Å². The largest absolute Gasteiger partial charge is 0.506 e. The van der Waals surface area contributed by atoms with Gasteiger partial charge in [-0.25, -0.2) is 9.78 Å². The highest BCUT2D eigenvalue weighted by atomic mass is 16.6. The van der Waals surface area contributed by atoms with Gasteiger partial charge in [-0.15, -0.1) is 0 Å². The van der Waals surface area contributed by atoms with Gasteiger partial charge in [0.15, 0.2) is 5.69 Å². The third-order valence-corrected chi connectivity index (χ3v) is 2.60. The fraction of sp³-hybridized carbons (Fsp3) is 0. The second kappa shape index (κ2) is 5.33. The number of H-pyrrole nitrogens is 1. The molecule has 4 N–H and O–H groups in total. The van der Waals surface area contributed by atoms with Crippen LogP contribution >= 0.6 is 0 Å². The Labute approximate surface area is 117 Å². The van der Waals surface area contributed by atoms with Crippen LogP contribution in [-0.4, -0.2) is 32.0 Å². The summed E-state index contributed by atoms with van der Waals surface area (Å²) >= 11 is 0. The Morgan fingerprint density at radius 3 is 2.52 bits per heavy atom. The van der Waals surface area contributed by atoms with E-state index in [1.807, 2.05) is 0 Å². The van der Waals surface area contributed by atoms with Crippen molar-refractivity contribution in [3.8, 4) is 5.75 Å². The molecule has 9 heteroatoms. The fourth-order valence-electron chi connectivity index (χ4n) is 1.58. The first kappa shape index (κ1) is 14.1. The van der Waals surface area contributed by atoms with E-state index in [-0.39, 0.29) is 28.5 Å². The van der Waals surface area contributed by atoms with Gasteiger partial charge in [0.2, 0.25) is 0 Å². The predicted molar refractivity (Wildman–Crippen MR) is 70.5 cm³/mol. The van der Waals surface area contributed by atoms with E-state index < -0.39 is 16.8 Å². The van der Waals surface area contributed by atoms with Crippen LogP contribution in [0.1, 0.15) is 20.8 Å². The normalized spacial score (nSPS) is 10.1. The highest BCUT2D eigenvalue weighted by Gasteiger charge is 2.17. The van der Waals surface area contributed by atoms with Gasteiger partial charge < -0.3 is 25.6 Å². The first-order valence-corrected chi connectivity index (χ1v) is 5.59. The van der Waals surface area contributed by atoms with Crippen LogP contribution in [-0.2, 0) is 0 Å². The Bertz CT molecular complexity index is 736. The van der Waals surface area contributed by atoms with Crippen molar-refractivity contribution < 1.29 is 24.7 Å². The number of nitro groups is 1. The van der Waals surface area contributed by atoms with E-state index in [4.69, 9.17) is 5.11 Å². The molecule has 0 saturated heterocycles. The molecule has 0 saturated carbocycles. The van der Waals surface area contributed by atoms with Gasteiger partial charge in [0, 0.05) is 6.07 Å². The molecule has 0 aliphatic carbocycles. The smallest absolute Gasteiger partial charge is 0.335 e. The Morgan fingerprint density at radius 1 is 1.24 bits per heavy atom. The summed E-state index contributed by atoms with van der Waals surface area (Å²) in [4.78, 5) is 34.8. The lowest BCUT2D eigenvalue weighted by molar-refractivity contribution is -0.389. The molecule has 0 spiro atoms. The summed E-state index contributed by atoms with van der Waals surface area (Å²) in [7, 11) is 0. The summed E-state index contributed by atoms with van der Waals surface area (Å²) in [6.45, 7) is 0. The van der Waals surface area contributed by atoms with E-state index >= 15 is 0 Å². The number of aromatic amines is 1. The number of aromatic carboxylic acids is 1. The van der Waals surface area contributed by atoms with Gasteiger partial charge in [-0.05, 0) is 29.2 Å². The van der Waals surface area contributed by atoms with Crippen LogP contribution < -0.4 is 5.32 Å². The van der Waals surface area contributed by atoms with Crippen LogP contribution in [0.15, 0.2) is 30.3 Å². The number of carboxylic acid groups (broad SMARTS) is 1. The van der Waals surface area contributed by atoms with Crippen molar-refractivity contribution in [3.05, 3.63) is 51.7 Å². The molecule has 0 aliphatic rings. The summed E-state index contributed by atoms with van der Waals surface area (Å²) in [5.41, 5.74) is -0.334. The second-order valence-corrected chi connectivity index (χ2v) is 4.01. The zero-order chi connectivity index (χ0) is 15.6. The SMILES string of the molecule is O=C(O)c1ccc(O)c(NC(=O)c2ccc([N+](=O)[O-])[nH]2)c1. The Hall–Kier alpha value is -3.36. The molecule has 21 heavy (non-hydrogen) atoms. The lowest BCUT2D eigenvalue weighted by atomic mass is 10.2. The third kappa shape index (κ3) is 2.97. The number of carboxylic acids is 1. The zero-order valence-corrected chi connectivity index (χ0v) is 10.4. The topological polar surface area (TPSA) is 146 Å². The number of rotatable bonds is 4. The van der Waals surface area contributed by atoms with Gasteiger partial charge in [-0.1, -0.05) is 0 Å². The maximum absolute atomic E-state index is 11.9. The van der Waals surface area contributed by atoms with Crippen LogP contribution in [0, 0.1) is 10.1 Å². The van der Waals surface area contributed by atoms with Gasteiger partial charge in [0.05, 0.1) is 11.3 Å². The number of carbonyl (C=O) groups excluding carboxylic acids is 1. The standard InChI is InChI=1S/C12H9N3O6/c16-9-3-1-6(12(18)19)5-8(9)14-11(17)7-2-4-10(13-7)15(20)21/h1-5,13,16H,(H,14,17)(H,18,19). The minimum atomic E-state index is -1.22. The van der Waals surface area contributed by atoms with Crippen molar-refractivity contribution in [2.45, 2.75) is 0 Å². The molecule has 1 aromatic heterocycles. The molecule has 9 nitrogen and oxygen atoms in total. The van der Waals surface area contributed by atoms with Crippen LogP contribution in [0.25, 0.3) is 0 Å². The molecule has 0 bridgehead atoms. The van der Waals surface area contributed by atoms with E-state index in [1.54, 1.807) is 0 Å². The molecule has 2 aromatic rings. The molecule has 0 unspecified atom stereocenters. The predicted octanol–water partition coefficient (Wildman–Crippen LogP) is 1.58. The first-order valence-electron chi connectivity index (χ1n) is 5.59. The Kier molecular flexibility index (Phi) is 3.57. The van der Waals surface area contributed by atoms with Crippen molar-refractivity contribution in [1.29, 1.82) is 0 Å². The Morgan fingerprint density at radius 2 is 1.95 bits per heavy atom. The molecule has 0 fully saturated rings. The molecule has 1 aromatic carbocycles. The average molecular weight is 291 g/mol. The molecule has 108 valence electrons. The second-order valence-electron chi connectivity index (χ2n) is 4.01. The van der Waals surface area contributed by atoms with E-state index in [9.17, 15) is 24.8 Å². The summed E-state index contributed by atoms with van der Waals surface area (Å²) in [5.74, 6) is -2.65. The number of benzene rings is 1. The summed E-state index contributed by atoms with van der Waals surface area (Å²) in [6, 6.07) is 5.68. The number of hydrogen-bond donors (Lipinski definition) is 4. The van der Waals surface area contributed by atoms with Crippen molar-refractivity contribution in [2.75, 3.05) is 5.32 Å². The molecule has 0 atom stereocenters. The fourth-order valence-corrected chi connectivity index (χ4v) is 1.58. The number of anilines is 1. The maximum Gasteiger partial charge on any atom is 0.335 e. The highest BCUT2D eigenvalue weighted by Crippen LogP contribution is 2.25. The third-order valence-electron chi connectivity index (χ3n) is 2.60. The molecular weight excluding hydrogens is 282 g/mol. The Balaban J connectivity index is 2.24. The number of phenols is 1. The van der Waals surface area contributed by atoms with Gasteiger partial charge in [0.1, 0.15) is 5.75 Å². The maximum atomic E-state index is 11.9. The lowest BCUT2D eigenvalue weighted by Gasteiger charge is -2.06. The summed E-state index contributed by atoms with van der Waals surface area (Å²) in [5, 5.41) is 31.2. The molecule has 0 radical (unpaired) electrons. The minimum absolute atomic E-state index is 0.0955. The monoisotopic (exact) mass is 291 g/mol. The summed E-state index contributed by atoms with van der Waals surface area (Å²) < 4.78 is 0. The van der Waals surface area contributed by atoms with E-state index in [0.717, 1.165) is 18.2 Å². The quantitative estimate of drug-likeness (QED) is 0.382. The van der Waals surface area contributed by atoms with Crippen LogP contribution in [0.3, 0.4) is 0 Å². The van der Waals surface area contributed by atoms with E-state index in [0.29, 0.717) is 0 Å². The first-order chi connectivity index (χ1) is 9.88. The number of carbonyl (C=O) groups is 2. The van der Waals surface area contributed by atoms with Gasteiger partial charge >= 0.3 is 11.8 Å². The summed E-state index contributed by atoms with van der Waals surface area (Å²) in [6.07, 6.45) is 0. The number of aromatic nitrogens is 1. The molecular formula is C12H9N3O6. The zero-order valence-electron chi connectivity index (χ0n) is 10.4. The minimum Gasteiger partial charge on any atom is -0.506 e. The number of aromatic hydroxyl groups is 1. The number of nitrogens with one attached hydrogen (secondary N) is 2. The molecule has 1 heterocycles. The van der Waals surface area contributed by atoms with Crippen LogP contribution in [0.4, 0.5) is 11.5 Å². The van der Waals surface area contributed by atoms with Crippen molar-refractivity contribution >= 4 is 23.4 Å². The van der Waals surface area contributed by atoms with Gasteiger partial charge in [0.25, 0.3) is 5.91 Å². The average Bonchev–Trinajstić information content (AvgIpc) is 2.90. The van der Waals surface area contributed by atoms with E-state index in [1.165, 1.54) is 12.1 Å². The van der Waals surface area contributed by atoms with Gasteiger partial charge in [-0.2, -0.15) is 0 Å². The molecule has 2 rings (SSSR count). The van der Waals surface area contributed by atoms with Crippen LogP contribution in [0.2, 0.25) is 0 Å². The number of phenolic OH excluding ortho intramolecular Hbond substituents is 1.